The zero-order valence-corrected chi connectivity index (χ0v) is 13.2. The molecule has 0 saturated heterocycles. The second-order valence-electron chi connectivity index (χ2n) is 5.58. The number of rotatable bonds is 5. The normalized spacial score (nSPS) is 12.3. The Bertz CT molecular complexity index is 840. The van der Waals surface area contributed by atoms with Crippen molar-refractivity contribution in [1.29, 1.82) is 0 Å². The van der Waals surface area contributed by atoms with Crippen LogP contribution in [0.3, 0.4) is 0 Å². The standard InChI is InChI=1S/C18H19N3O2/c1-12(10-15(19)22)18-17(13-6-4-3-5-7-13)20-16-9-8-14(23-2)11-21(16)18/h3-9,11-12H,10H2,1-2H3,(H2,19,22). The first-order valence-corrected chi connectivity index (χ1v) is 7.50. The molecule has 0 aliphatic rings. The fourth-order valence-electron chi connectivity index (χ4n) is 2.84. The van der Waals surface area contributed by atoms with E-state index in [-0.39, 0.29) is 18.2 Å². The lowest BCUT2D eigenvalue weighted by Gasteiger charge is -2.12. The lowest BCUT2D eigenvalue weighted by Crippen LogP contribution is -2.15. The summed E-state index contributed by atoms with van der Waals surface area (Å²) in [6, 6.07) is 13.7. The summed E-state index contributed by atoms with van der Waals surface area (Å²) in [6.45, 7) is 1.99. The third-order valence-corrected chi connectivity index (χ3v) is 3.89. The molecule has 2 N–H and O–H groups in total. The van der Waals surface area contributed by atoms with Gasteiger partial charge in [-0.05, 0) is 12.1 Å². The molecule has 118 valence electrons. The fraction of sp³-hybridized carbons (Fsp3) is 0.222. The van der Waals surface area contributed by atoms with Gasteiger partial charge in [-0.1, -0.05) is 37.3 Å². The third kappa shape index (κ3) is 2.90. The van der Waals surface area contributed by atoms with Gasteiger partial charge in [0.1, 0.15) is 11.4 Å². The maximum atomic E-state index is 11.4. The van der Waals surface area contributed by atoms with Gasteiger partial charge in [-0.15, -0.1) is 0 Å². The predicted octanol–water partition coefficient (Wildman–Crippen LogP) is 2.99. The van der Waals surface area contributed by atoms with Crippen molar-refractivity contribution in [2.75, 3.05) is 7.11 Å². The number of carbonyl (C=O) groups excluding carboxylic acids is 1. The Morgan fingerprint density at radius 3 is 2.65 bits per heavy atom. The number of fused-ring (bicyclic) bond motifs is 1. The van der Waals surface area contributed by atoms with Crippen LogP contribution < -0.4 is 10.5 Å². The topological polar surface area (TPSA) is 69.6 Å². The second kappa shape index (κ2) is 6.12. The summed E-state index contributed by atoms with van der Waals surface area (Å²) in [5.41, 5.74) is 9.06. The van der Waals surface area contributed by atoms with Crippen LogP contribution in [0.4, 0.5) is 0 Å². The molecular weight excluding hydrogens is 290 g/mol. The van der Waals surface area contributed by atoms with Crippen molar-refractivity contribution < 1.29 is 9.53 Å². The van der Waals surface area contributed by atoms with Gasteiger partial charge in [0.15, 0.2) is 0 Å². The first-order chi connectivity index (χ1) is 11.1. The molecule has 23 heavy (non-hydrogen) atoms. The average molecular weight is 309 g/mol. The highest BCUT2D eigenvalue weighted by molar-refractivity contribution is 5.76. The minimum atomic E-state index is -0.325. The molecule has 5 heteroatoms. The minimum absolute atomic E-state index is 0.0511. The van der Waals surface area contributed by atoms with Crippen LogP contribution in [0.2, 0.25) is 0 Å². The maximum absolute atomic E-state index is 11.4. The molecule has 0 fully saturated rings. The Balaban J connectivity index is 2.24. The van der Waals surface area contributed by atoms with E-state index >= 15 is 0 Å². The molecule has 5 nitrogen and oxygen atoms in total. The zero-order valence-electron chi connectivity index (χ0n) is 13.2. The highest BCUT2D eigenvalue weighted by Gasteiger charge is 2.21. The van der Waals surface area contributed by atoms with Crippen LogP contribution >= 0.6 is 0 Å². The smallest absolute Gasteiger partial charge is 0.218 e. The van der Waals surface area contributed by atoms with E-state index in [0.717, 1.165) is 28.3 Å². The Morgan fingerprint density at radius 1 is 1.26 bits per heavy atom. The molecule has 1 amide bonds. The van der Waals surface area contributed by atoms with Gasteiger partial charge in [-0.2, -0.15) is 0 Å². The summed E-state index contributed by atoms with van der Waals surface area (Å²) in [5.74, 6) is 0.362. The number of imidazole rings is 1. The SMILES string of the molecule is COc1ccc2nc(-c3ccccc3)c(C(C)CC(N)=O)n2c1. The second-order valence-corrected chi connectivity index (χ2v) is 5.58. The van der Waals surface area contributed by atoms with Crippen LogP contribution in [0.5, 0.6) is 5.75 Å². The quantitative estimate of drug-likeness (QED) is 0.787. The van der Waals surface area contributed by atoms with E-state index < -0.39 is 0 Å². The summed E-state index contributed by atoms with van der Waals surface area (Å²) < 4.78 is 7.29. The summed E-state index contributed by atoms with van der Waals surface area (Å²) in [5, 5.41) is 0. The van der Waals surface area contributed by atoms with Crippen LogP contribution in [0.1, 0.15) is 25.0 Å². The van der Waals surface area contributed by atoms with Crippen molar-refractivity contribution in [3.8, 4) is 17.0 Å². The Hall–Kier alpha value is -2.82. The van der Waals surface area contributed by atoms with Crippen LogP contribution in [-0.4, -0.2) is 22.4 Å². The Kier molecular flexibility index (Phi) is 4.02. The number of carbonyl (C=O) groups is 1. The maximum Gasteiger partial charge on any atom is 0.218 e. The number of primary amides is 1. The number of ether oxygens (including phenoxy) is 1. The first-order valence-electron chi connectivity index (χ1n) is 7.50. The molecule has 0 spiro atoms. The van der Waals surface area contributed by atoms with Crippen LogP contribution in [-0.2, 0) is 4.79 Å². The molecule has 1 unspecified atom stereocenters. The lowest BCUT2D eigenvalue weighted by molar-refractivity contribution is -0.118. The van der Waals surface area contributed by atoms with Crippen LogP contribution in [0.25, 0.3) is 16.9 Å². The molecule has 0 aliphatic carbocycles. The molecule has 0 radical (unpaired) electrons. The number of hydrogen-bond acceptors (Lipinski definition) is 3. The van der Waals surface area contributed by atoms with Gasteiger partial charge >= 0.3 is 0 Å². The van der Waals surface area contributed by atoms with E-state index in [0.29, 0.717) is 0 Å². The molecule has 0 bridgehead atoms. The number of pyridine rings is 1. The van der Waals surface area contributed by atoms with E-state index in [1.165, 1.54) is 0 Å². The van der Waals surface area contributed by atoms with Crippen molar-refractivity contribution in [2.24, 2.45) is 5.73 Å². The first kappa shape index (κ1) is 15.1. The molecule has 2 heterocycles. The molecule has 3 rings (SSSR count). The van der Waals surface area contributed by atoms with E-state index in [1.807, 2.05) is 60.0 Å². The summed E-state index contributed by atoms with van der Waals surface area (Å²) in [7, 11) is 1.63. The highest BCUT2D eigenvalue weighted by Crippen LogP contribution is 2.32. The number of amides is 1. The van der Waals surface area contributed by atoms with Crippen LogP contribution in [0.15, 0.2) is 48.7 Å². The van der Waals surface area contributed by atoms with Gasteiger partial charge in [-0.3, -0.25) is 9.20 Å². The number of benzene rings is 1. The van der Waals surface area contributed by atoms with Crippen molar-refractivity contribution >= 4 is 11.6 Å². The van der Waals surface area contributed by atoms with E-state index in [1.54, 1.807) is 7.11 Å². The summed E-state index contributed by atoms with van der Waals surface area (Å²) in [4.78, 5) is 16.1. The minimum Gasteiger partial charge on any atom is -0.495 e. The number of nitrogens with two attached hydrogens (primary N) is 1. The summed E-state index contributed by atoms with van der Waals surface area (Å²) >= 11 is 0. The molecule has 2 aromatic heterocycles. The van der Waals surface area contributed by atoms with Gasteiger partial charge in [0, 0.05) is 17.9 Å². The van der Waals surface area contributed by atoms with E-state index in [9.17, 15) is 4.79 Å². The fourth-order valence-corrected chi connectivity index (χ4v) is 2.84. The number of aromatic nitrogens is 2. The average Bonchev–Trinajstić information content (AvgIpc) is 2.93. The molecule has 1 atom stereocenters. The van der Waals surface area contributed by atoms with Crippen molar-refractivity contribution in [3.63, 3.8) is 0 Å². The molecule has 0 aliphatic heterocycles. The van der Waals surface area contributed by atoms with Crippen molar-refractivity contribution in [1.82, 2.24) is 9.38 Å². The van der Waals surface area contributed by atoms with Gasteiger partial charge < -0.3 is 10.5 Å². The largest absolute Gasteiger partial charge is 0.495 e. The van der Waals surface area contributed by atoms with Crippen molar-refractivity contribution in [3.05, 3.63) is 54.4 Å². The zero-order chi connectivity index (χ0) is 16.4. The number of hydrogen-bond donors (Lipinski definition) is 1. The number of nitrogens with zero attached hydrogens (tertiary/aromatic N) is 2. The molecule has 3 aromatic rings. The molecular formula is C18H19N3O2. The Morgan fingerprint density at radius 2 is 2.00 bits per heavy atom. The third-order valence-electron chi connectivity index (χ3n) is 3.89. The van der Waals surface area contributed by atoms with Gasteiger partial charge in [-0.25, -0.2) is 4.98 Å². The predicted molar refractivity (Wildman–Crippen MR) is 89.4 cm³/mol. The number of methoxy groups -OCH3 is 1. The van der Waals surface area contributed by atoms with Gasteiger partial charge in [0.05, 0.1) is 24.7 Å². The Labute approximate surface area is 134 Å². The van der Waals surface area contributed by atoms with Gasteiger partial charge in [0.25, 0.3) is 0 Å². The summed E-state index contributed by atoms with van der Waals surface area (Å²) in [6.07, 6.45) is 2.16. The van der Waals surface area contributed by atoms with E-state index in [2.05, 4.69) is 0 Å². The van der Waals surface area contributed by atoms with Gasteiger partial charge in [0.2, 0.25) is 5.91 Å². The lowest BCUT2D eigenvalue weighted by atomic mass is 9.98. The van der Waals surface area contributed by atoms with E-state index in [4.69, 9.17) is 15.5 Å². The van der Waals surface area contributed by atoms with Crippen LogP contribution in [0, 0.1) is 0 Å². The molecule has 0 saturated carbocycles. The van der Waals surface area contributed by atoms with Crippen molar-refractivity contribution in [2.45, 2.75) is 19.3 Å². The highest BCUT2D eigenvalue weighted by atomic mass is 16.5. The molecule has 1 aromatic carbocycles. The monoisotopic (exact) mass is 309 g/mol.